The van der Waals surface area contributed by atoms with Crippen LogP contribution in [0.5, 0.6) is 0 Å². The number of hydrogen-bond donors (Lipinski definition) is 0. The van der Waals surface area contributed by atoms with Crippen LogP contribution in [0.25, 0.3) is 11.0 Å². The molecule has 2 aromatic rings. The SMILES string of the molecule is CCCn1c(CCC(=O)[O-])nc2cc(S(=O)(=O)N3CCCC3)ccc21. The number of fused-ring (bicyclic) bond motifs is 1. The summed E-state index contributed by atoms with van der Waals surface area (Å²) in [7, 11) is -3.49. The molecule has 0 saturated carbocycles. The number of carboxylic acids is 1. The molecule has 0 amide bonds. The lowest BCUT2D eigenvalue weighted by atomic mass is 10.3. The summed E-state index contributed by atoms with van der Waals surface area (Å²) in [5, 5.41) is 10.8. The van der Waals surface area contributed by atoms with Gasteiger partial charge in [-0.1, -0.05) is 6.92 Å². The normalized spacial score (nSPS) is 15.9. The molecule has 136 valence electrons. The molecule has 0 spiro atoms. The number of aryl methyl sites for hydroxylation is 2. The van der Waals surface area contributed by atoms with E-state index >= 15 is 0 Å². The molecule has 3 rings (SSSR count). The van der Waals surface area contributed by atoms with Crippen molar-refractivity contribution in [1.82, 2.24) is 13.9 Å². The van der Waals surface area contributed by atoms with E-state index in [1.54, 1.807) is 18.2 Å². The molecule has 1 aromatic heterocycles. The van der Waals surface area contributed by atoms with E-state index < -0.39 is 16.0 Å². The minimum atomic E-state index is -3.49. The molecule has 1 fully saturated rings. The van der Waals surface area contributed by atoms with Crippen molar-refractivity contribution in [2.24, 2.45) is 0 Å². The van der Waals surface area contributed by atoms with Crippen LogP contribution in [0.4, 0.5) is 0 Å². The largest absolute Gasteiger partial charge is 0.550 e. The first kappa shape index (κ1) is 17.9. The number of hydrogen-bond acceptors (Lipinski definition) is 5. The summed E-state index contributed by atoms with van der Waals surface area (Å²) >= 11 is 0. The monoisotopic (exact) mass is 364 g/mol. The van der Waals surface area contributed by atoms with Gasteiger partial charge in [0.1, 0.15) is 5.82 Å². The second-order valence-corrected chi connectivity index (χ2v) is 8.25. The highest BCUT2D eigenvalue weighted by Crippen LogP contribution is 2.25. The van der Waals surface area contributed by atoms with Crippen molar-refractivity contribution in [2.75, 3.05) is 13.1 Å². The summed E-state index contributed by atoms with van der Waals surface area (Å²) in [4.78, 5) is 15.5. The lowest BCUT2D eigenvalue weighted by molar-refractivity contribution is -0.305. The predicted octanol–water partition coefficient (Wildman–Crippen LogP) is 0.913. The quantitative estimate of drug-likeness (QED) is 0.728. The Morgan fingerprint density at radius 2 is 2.00 bits per heavy atom. The van der Waals surface area contributed by atoms with E-state index in [0.717, 1.165) is 24.8 Å². The number of carboxylic acid groups (broad SMARTS) is 1. The zero-order chi connectivity index (χ0) is 18.0. The van der Waals surface area contributed by atoms with Gasteiger partial charge in [0.15, 0.2) is 0 Å². The van der Waals surface area contributed by atoms with E-state index in [2.05, 4.69) is 4.98 Å². The van der Waals surface area contributed by atoms with Gasteiger partial charge in [-0.2, -0.15) is 4.31 Å². The molecule has 0 N–H and O–H groups in total. The van der Waals surface area contributed by atoms with Gasteiger partial charge in [-0.3, -0.25) is 0 Å². The molecule has 7 nitrogen and oxygen atoms in total. The third-order valence-corrected chi connectivity index (χ3v) is 6.40. The number of benzene rings is 1. The summed E-state index contributed by atoms with van der Waals surface area (Å²) in [6.45, 7) is 3.85. The fourth-order valence-corrected chi connectivity index (χ4v) is 4.81. The molecule has 2 heterocycles. The Kier molecular flexibility index (Phi) is 5.10. The molecule has 1 aromatic carbocycles. The van der Waals surface area contributed by atoms with Gasteiger partial charge in [0.25, 0.3) is 0 Å². The van der Waals surface area contributed by atoms with Crippen molar-refractivity contribution in [1.29, 1.82) is 0 Å². The van der Waals surface area contributed by atoms with E-state index in [9.17, 15) is 18.3 Å². The zero-order valence-corrected chi connectivity index (χ0v) is 15.1. The fraction of sp³-hybridized carbons (Fsp3) is 0.529. The van der Waals surface area contributed by atoms with Crippen LogP contribution in [-0.2, 0) is 27.8 Å². The number of rotatable bonds is 7. The smallest absolute Gasteiger partial charge is 0.243 e. The highest BCUT2D eigenvalue weighted by molar-refractivity contribution is 7.89. The van der Waals surface area contributed by atoms with Crippen LogP contribution in [0.3, 0.4) is 0 Å². The maximum absolute atomic E-state index is 12.7. The van der Waals surface area contributed by atoms with Crippen LogP contribution in [0.15, 0.2) is 23.1 Å². The van der Waals surface area contributed by atoms with Gasteiger partial charge >= 0.3 is 0 Å². The summed E-state index contributed by atoms with van der Waals surface area (Å²) in [6, 6.07) is 4.98. The summed E-state index contributed by atoms with van der Waals surface area (Å²) in [5.41, 5.74) is 1.41. The maximum Gasteiger partial charge on any atom is 0.243 e. The predicted molar refractivity (Wildman–Crippen MR) is 91.3 cm³/mol. The number of nitrogens with zero attached hydrogens (tertiary/aromatic N) is 3. The van der Waals surface area contributed by atoms with Gasteiger partial charge in [-0.25, -0.2) is 13.4 Å². The Hall–Kier alpha value is -1.93. The Morgan fingerprint density at radius 3 is 2.64 bits per heavy atom. The molecule has 8 heteroatoms. The number of carbonyl (C=O) groups is 1. The Morgan fingerprint density at radius 1 is 1.28 bits per heavy atom. The van der Waals surface area contributed by atoms with E-state index in [4.69, 9.17) is 0 Å². The minimum Gasteiger partial charge on any atom is -0.550 e. The average molecular weight is 364 g/mol. The van der Waals surface area contributed by atoms with Crippen LogP contribution >= 0.6 is 0 Å². The number of sulfonamides is 1. The summed E-state index contributed by atoms with van der Waals surface area (Å²) < 4.78 is 28.9. The van der Waals surface area contributed by atoms with Crippen LogP contribution < -0.4 is 5.11 Å². The number of aromatic nitrogens is 2. The van der Waals surface area contributed by atoms with E-state index in [1.807, 2.05) is 11.5 Å². The maximum atomic E-state index is 12.7. The van der Waals surface area contributed by atoms with Gasteiger partial charge in [-0.05, 0) is 43.9 Å². The van der Waals surface area contributed by atoms with E-state index in [1.165, 1.54) is 4.31 Å². The fourth-order valence-electron chi connectivity index (χ4n) is 3.28. The summed E-state index contributed by atoms with van der Waals surface area (Å²) in [5.74, 6) is -0.468. The third-order valence-electron chi connectivity index (χ3n) is 4.50. The van der Waals surface area contributed by atoms with Crippen molar-refractivity contribution in [3.05, 3.63) is 24.0 Å². The molecular weight excluding hydrogens is 342 g/mol. The third kappa shape index (κ3) is 3.55. The van der Waals surface area contributed by atoms with Crippen molar-refractivity contribution < 1.29 is 18.3 Å². The highest BCUT2D eigenvalue weighted by atomic mass is 32.2. The molecule has 1 aliphatic rings. The Labute approximate surface area is 147 Å². The standard InChI is InChI=1S/C17H23N3O4S/c1-2-9-20-15-6-5-13(25(23,24)19-10-3-4-11-19)12-14(15)18-16(20)7-8-17(21)22/h5-6,12H,2-4,7-11H2,1H3,(H,21,22)/p-1. The Balaban J connectivity index is 2.01. The van der Waals surface area contributed by atoms with Crippen molar-refractivity contribution >= 4 is 27.0 Å². The first-order chi connectivity index (χ1) is 11.9. The van der Waals surface area contributed by atoms with E-state index in [0.29, 0.717) is 31.0 Å². The molecule has 0 atom stereocenters. The van der Waals surface area contributed by atoms with Gasteiger partial charge in [0, 0.05) is 32.0 Å². The van der Waals surface area contributed by atoms with Crippen LogP contribution in [0.1, 0.15) is 38.4 Å². The second kappa shape index (κ2) is 7.13. The molecule has 1 aliphatic heterocycles. The van der Waals surface area contributed by atoms with Crippen molar-refractivity contribution in [3.8, 4) is 0 Å². The van der Waals surface area contributed by atoms with Gasteiger partial charge in [-0.15, -0.1) is 0 Å². The molecule has 1 saturated heterocycles. The highest BCUT2D eigenvalue weighted by Gasteiger charge is 2.27. The van der Waals surface area contributed by atoms with Crippen LogP contribution in [0, 0.1) is 0 Å². The average Bonchev–Trinajstić information content (AvgIpc) is 3.21. The molecule has 0 bridgehead atoms. The van der Waals surface area contributed by atoms with Crippen LogP contribution in [0.2, 0.25) is 0 Å². The molecule has 25 heavy (non-hydrogen) atoms. The second-order valence-electron chi connectivity index (χ2n) is 6.31. The van der Waals surface area contributed by atoms with Gasteiger partial charge in [0.2, 0.25) is 10.0 Å². The first-order valence-corrected chi connectivity index (χ1v) is 10.1. The van der Waals surface area contributed by atoms with Crippen LogP contribution in [-0.4, -0.2) is 41.3 Å². The molecular formula is C17H22N3O4S-. The molecule has 0 aliphatic carbocycles. The first-order valence-electron chi connectivity index (χ1n) is 8.62. The lowest BCUT2D eigenvalue weighted by Gasteiger charge is -2.15. The summed E-state index contributed by atoms with van der Waals surface area (Å²) in [6.07, 6.45) is 2.81. The van der Waals surface area contributed by atoms with Crippen molar-refractivity contribution in [3.63, 3.8) is 0 Å². The van der Waals surface area contributed by atoms with Crippen molar-refractivity contribution in [2.45, 2.75) is 50.5 Å². The number of carbonyl (C=O) groups excluding carboxylic acids is 1. The van der Waals surface area contributed by atoms with Gasteiger partial charge < -0.3 is 14.5 Å². The number of aliphatic carboxylic acids is 1. The topological polar surface area (TPSA) is 95.3 Å². The van der Waals surface area contributed by atoms with E-state index in [-0.39, 0.29) is 17.7 Å². The molecule has 0 radical (unpaired) electrons. The Bertz CT molecular complexity index is 883. The van der Waals surface area contributed by atoms with Gasteiger partial charge in [0.05, 0.1) is 15.9 Å². The minimum absolute atomic E-state index is 0.105. The molecule has 0 unspecified atom stereocenters. The lowest BCUT2D eigenvalue weighted by Crippen LogP contribution is -2.27. The zero-order valence-electron chi connectivity index (χ0n) is 14.3. The number of imidazole rings is 1.